The van der Waals surface area contributed by atoms with Crippen molar-refractivity contribution in [2.75, 3.05) is 32.7 Å². The summed E-state index contributed by atoms with van der Waals surface area (Å²) in [5.41, 5.74) is 1.96. The van der Waals surface area contributed by atoms with Crippen molar-refractivity contribution >= 4 is 6.09 Å². The molecule has 6 heteroatoms. The van der Waals surface area contributed by atoms with Gasteiger partial charge in [-0.25, -0.2) is 9.18 Å². The summed E-state index contributed by atoms with van der Waals surface area (Å²) in [5.74, 6) is -0.218. The lowest BCUT2D eigenvalue weighted by atomic mass is 9.84. The van der Waals surface area contributed by atoms with Crippen molar-refractivity contribution in [2.24, 2.45) is 0 Å². The highest BCUT2D eigenvalue weighted by atomic mass is 19.1. The molecule has 1 amide bonds. The van der Waals surface area contributed by atoms with E-state index in [2.05, 4.69) is 34.1 Å². The summed E-state index contributed by atoms with van der Waals surface area (Å²) in [5, 5.41) is 0. The standard InChI is InChI=1S/C22H24FN3O2/c23-19-8-6-18(7-9-19)13-25-15-22(16-25)20-14-24(10-11-26(20)21(27)28-22)12-17-4-2-1-3-5-17/h1-9,20H,10-16H2. The van der Waals surface area contributed by atoms with Crippen LogP contribution in [0.5, 0.6) is 0 Å². The third-order valence-corrected chi connectivity index (χ3v) is 6.15. The van der Waals surface area contributed by atoms with Gasteiger partial charge in [0.05, 0.1) is 6.04 Å². The van der Waals surface area contributed by atoms with Gasteiger partial charge in [-0.15, -0.1) is 0 Å². The summed E-state index contributed by atoms with van der Waals surface area (Å²) in [4.78, 5) is 19.0. The van der Waals surface area contributed by atoms with Gasteiger partial charge in [-0.05, 0) is 23.3 Å². The van der Waals surface area contributed by atoms with Gasteiger partial charge in [-0.3, -0.25) is 14.7 Å². The number of fused-ring (bicyclic) bond motifs is 2. The SMILES string of the molecule is O=C1OC2(CN(Cc3ccc(F)cc3)C2)C2CN(Cc3ccccc3)CCN12. The first-order valence-electron chi connectivity index (χ1n) is 9.84. The Bertz CT molecular complexity index is 852. The second-order valence-corrected chi connectivity index (χ2v) is 8.13. The number of amides is 1. The molecule has 0 bridgehead atoms. The Morgan fingerprint density at radius 2 is 1.61 bits per heavy atom. The van der Waals surface area contributed by atoms with Crippen molar-refractivity contribution in [3.8, 4) is 0 Å². The van der Waals surface area contributed by atoms with Crippen LogP contribution in [0.3, 0.4) is 0 Å². The van der Waals surface area contributed by atoms with Gasteiger partial charge in [0.1, 0.15) is 5.82 Å². The smallest absolute Gasteiger partial charge is 0.410 e. The molecule has 1 unspecified atom stereocenters. The zero-order valence-electron chi connectivity index (χ0n) is 15.8. The van der Waals surface area contributed by atoms with Crippen LogP contribution in [-0.4, -0.2) is 65.2 Å². The van der Waals surface area contributed by atoms with Gasteiger partial charge in [0, 0.05) is 45.8 Å². The van der Waals surface area contributed by atoms with Crippen molar-refractivity contribution in [1.29, 1.82) is 0 Å². The maximum absolute atomic E-state index is 13.1. The quantitative estimate of drug-likeness (QED) is 0.816. The zero-order valence-corrected chi connectivity index (χ0v) is 15.8. The van der Waals surface area contributed by atoms with E-state index in [4.69, 9.17) is 4.74 Å². The molecule has 0 N–H and O–H groups in total. The molecule has 3 fully saturated rings. The fourth-order valence-electron chi connectivity index (χ4n) is 4.74. The number of rotatable bonds is 4. The molecule has 28 heavy (non-hydrogen) atoms. The molecule has 2 aromatic rings. The molecule has 3 aliphatic rings. The van der Waals surface area contributed by atoms with Crippen LogP contribution in [-0.2, 0) is 17.8 Å². The van der Waals surface area contributed by atoms with Crippen molar-refractivity contribution in [3.05, 3.63) is 71.5 Å². The van der Waals surface area contributed by atoms with Gasteiger partial charge >= 0.3 is 6.09 Å². The molecule has 3 aliphatic heterocycles. The Labute approximate surface area is 164 Å². The maximum Gasteiger partial charge on any atom is 0.410 e. The van der Waals surface area contributed by atoms with E-state index >= 15 is 0 Å². The van der Waals surface area contributed by atoms with Crippen LogP contribution in [0.2, 0.25) is 0 Å². The van der Waals surface area contributed by atoms with Crippen LogP contribution in [0.25, 0.3) is 0 Å². The summed E-state index contributed by atoms with van der Waals surface area (Å²) in [6.45, 7) is 5.54. The summed E-state index contributed by atoms with van der Waals surface area (Å²) in [6.07, 6.45) is -0.175. The van der Waals surface area contributed by atoms with Crippen LogP contribution in [0.4, 0.5) is 9.18 Å². The van der Waals surface area contributed by atoms with Crippen molar-refractivity contribution in [3.63, 3.8) is 0 Å². The molecule has 3 heterocycles. The van der Waals surface area contributed by atoms with Crippen LogP contribution < -0.4 is 0 Å². The lowest BCUT2D eigenvalue weighted by Crippen LogP contribution is -2.70. The second-order valence-electron chi connectivity index (χ2n) is 8.13. The first-order valence-corrected chi connectivity index (χ1v) is 9.84. The van der Waals surface area contributed by atoms with E-state index in [1.807, 2.05) is 23.1 Å². The maximum atomic E-state index is 13.1. The highest BCUT2D eigenvalue weighted by molar-refractivity contribution is 5.72. The van der Waals surface area contributed by atoms with E-state index in [9.17, 15) is 9.18 Å². The minimum atomic E-state index is -0.410. The lowest BCUT2D eigenvalue weighted by Gasteiger charge is -2.51. The molecule has 0 saturated carbocycles. The minimum absolute atomic E-state index is 0.0990. The first-order chi connectivity index (χ1) is 13.6. The monoisotopic (exact) mass is 381 g/mol. The Balaban J connectivity index is 1.24. The molecular weight excluding hydrogens is 357 g/mol. The van der Waals surface area contributed by atoms with E-state index < -0.39 is 5.60 Å². The summed E-state index contributed by atoms with van der Waals surface area (Å²) in [6, 6.07) is 17.2. The van der Waals surface area contributed by atoms with Crippen molar-refractivity contribution in [2.45, 2.75) is 24.7 Å². The van der Waals surface area contributed by atoms with Crippen LogP contribution >= 0.6 is 0 Å². The third kappa shape index (κ3) is 3.16. The number of carbonyl (C=O) groups is 1. The van der Waals surface area contributed by atoms with Gasteiger partial charge in [0.2, 0.25) is 0 Å². The molecule has 2 aromatic carbocycles. The highest BCUT2D eigenvalue weighted by Gasteiger charge is 2.61. The van der Waals surface area contributed by atoms with Gasteiger partial charge in [0.15, 0.2) is 5.60 Å². The molecule has 3 saturated heterocycles. The number of halogens is 1. The van der Waals surface area contributed by atoms with E-state index in [0.717, 1.165) is 51.4 Å². The van der Waals surface area contributed by atoms with Gasteiger partial charge in [0.25, 0.3) is 0 Å². The highest BCUT2D eigenvalue weighted by Crippen LogP contribution is 2.40. The molecule has 0 aliphatic carbocycles. The summed E-state index contributed by atoms with van der Waals surface area (Å²) >= 11 is 0. The molecule has 5 rings (SSSR count). The predicted octanol–water partition coefficient (Wildman–Crippen LogP) is 2.72. The van der Waals surface area contributed by atoms with E-state index in [0.29, 0.717) is 0 Å². The summed E-state index contributed by atoms with van der Waals surface area (Å²) < 4.78 is 19.0. The number of benzene rings is 2. The van der Waals surface area contributed by atoms with Gasteiger partial charge in [-0.1, -0.05) is 42.5 Å². The minimum Gasteiger partial charge on any atom is -0.438 e. The van der Waals surface area contributed by atoms with Crippen molar-refractivity contribution < 1.29 is 13.9 Å². The number of nitrogens with zero attached hydrogens (tertiary/aromatic N) is 3. The number of hydrogen-bond donors (Lipinski definition) is 0. The largest absolute Gasteiger partial charge is 0.438 e. The Kier molecular flexibility index (Phi) is 4.33. The van der Waals surface area contributed by atoms with Crippen LogP contribution in [0, 0.1) is 5.82 Å². The Morgan fingerprint density at radius 1 is 0.929 bits per heavy atom. The fraction of sp³-hybridized carbons (Fsp3) is 0.409. The number of hydrogen-bond acceptors (Lipinski definition) is 4. The average molecular weight is 381 g/mol. The number of likely N-dealkylation sites (tertiary alicyclic amines) is 1. The lowest BCUT2D eigenvalue weighted by molar-refractivity contribution is -0.107. The van der Waals surface area contributed by atoms with Crippen LogP contribution in [0.15, 0.2) is 54.6 Å². The molecular formula is C22H24FN3O2. The Morgan fingerprint density at radius 3 is 2.36 bits per heavy atom. The average Bonchev–Trinajstić information content (AvgIpc) is 2.96. The van der Waals surface area contributed by atoms with Gasteiger partial charge in [-0.2, -0.15) is 0 Å². The molecule has 0 aromatic heterocycles. The fourth-order valence-corrected chi connectivity index (χ4v) is 4.74. The molecule has 5 nitrogen and oxygen atoms in total. The first kappa shape index (κ1) is 17.6. The Hall–Kier alpha value is -2.44. The predicted molar refractivity (Wildman–Crippen MR) is 103 cm³/mol. The van der Waals surface area contributed by atoms with Crippen LogP contribution in [0.1, 0.15) is 11.1 Å². The molecule has 0 radical (unpaired) electrons. The topological polar surface area (TPSA) is 36.0 Å². The summed E-state index contributed by atoms with van der Waals surface area (Å²) in [7, 11) is 0. The van der Waals surface area contributed by atoms with E-state index in [1.165, 1.54) is 17.7 Å². The number of carbonyl (C=O) groups excluding carboxylic acids is 1. The molecule has 1 spiro atoms. The van der Waals surface area contributed by atoms with E-state index in [1.54, 1.807) is 0 Å². The molecule has 1 atom stereocenters. The number of ether oxygens (including phenoxy) is 1. The molecule has 146 valence electrons. The second kappa shape index (κ2) is 6.87. The zero-order chi connectivity index (χ0) is 19.1. The normalized spacial score (nSPS) is 24.1. The number of piperazine rings is 1. The van der Waals surface area contributed by atoms with Gasteiger partial charge < -0.3 is 4.74 Å². The van der Waals surface area contributed by atoms with Crippen molar-refractivity contribution in [1.82, 2.24) is 14.7 Å². The third-order valence-electron chi connectivity index (χ3n) is 6.15. The van der Waals surface area contributed by atoms with E-state index in [-0.39, 0.29) is 18.0 Å².